The molecule has 1 amide bonds. The summed E-state index contributed by atoms with van der Waals surface area (Å²) in [6.45, 7) is 0.599. The van der Waals surface area contributed by atoms with Crippen LogP contribution in [0, 0.1) is 0 Å². The summed E-state index contributed by atoms with van der Waals surface area (Å²) in [5, 5.41) is 11.5. The minimum atomic E-state index is -0.348. The number of nitrogens with one attached hydrogen (secondary N) is 1. The third-order valence-corrected chi connectivity index (χ3v) is 2.48. The first-order valence-corrected chi connectivity index (χ1v) is 5.28. The first kappa shape index (κ1) is 11.0. The van der Waals surface area contributed by atoms with E-state index < -0.39 is 0 Å². The molecule has 1 aliphatic heterocycles. The van der Waals surface area contributed by atoms with Crippen molar-refractivity contribution in [3.8, 4) is 0 Å². The van der Waals surface area contributed by atoms with Gasteiger partial charge >= 0.3 is 0 Å². The van der Waals surface area contributed by atoms with Gasteiger partial charge in [0, 0.05) is 12.8 Å². The molecule has 0 aromatic carbocycles. The highest BCUT2D eigenvalue weighted by Crippen LogP contribution is 2.14. The highest BCUT2D eigenvalue weighted by molar-refractivity contribution is 5.93. The molecule has 1 atom stereocenters. The number of aromatic nitrogens is 1. The average Bonchev–Trinajstić information content (AvgIpc) is 2.83. The second kappa shape index (κ2) is 5.05. The van der Waals surface area contributed by atoms with E-state index in [-0.39, 0.29) is 18.6 Å². The summed E-state index contributed by atoms with van der Waals surface area (Å²) < 4.78 is 5.25. The molecule has 5 nitrogen and oxygen atoms in total. The lowest BCUT2D eigenvalue weighted by atomic mass is 10.2. The molecule has 1 unspecified atom stereocenters. The van der Waals surface area contributed by atoms with Crippen LogP contribution in [0.3, 0.4) is 0 Å². The number of carbonyl (C=O) groups is 1. The normalized spacial score (nSPS) is 19.7. The molecule has 1 aromatic rings. The Labute approximate surface area is 93.5 Å². The number of anilines is 1. The molecule has 2 rings (SSSR count). The van der Waals surface area contributed by atoms with Crippen LogP contribution in [-0.2, 0) is 16.1 Å². The molecule has 16 heavy (non-hydrogen) atoms. The summed E-state index contributed by atoms with van der Waals surface area (Å²) in [7, 11) is 0. The van der Waals surface area contributed by atoms with Crippen molar-refractivity contribution >= 4 is 11.7 Å². The topological polar surface area (TPSA) is 71.5 Å². The van der Waals surface area contributed by atoms with Gasteiger partial charge in [-0.3, -0.25) is 4.79 Å². The van der Waals surface area contributed by atoms with Gasteiger partial charge in [0.15, 0.2) is 0 Å². The summed E-state index contributed by atoms with van der Waals surface area (Å²) in [6.07, 6.45) is 2.88. The lowest BCUT2D eigenvalue weighted by Gasteiger charge is -2.09. The van der Waals surface area contributed by atoms with Crippen LogP contribution in [-0.4, -0.2) is 28.7 Å². The lowest BCUT2D eigenvalue weighted by molar-refractivity contribution is -0.124. The highest BCUT2D eigenvalue weighted by atomic mass is 16.5. The van der Waals surface area contributed by atoms with Crippen LogP contribution in [0.4, 0.5) is 5.82 Å². The van der Waals surface area contributed by atoms with Gasteiger partial charge in [-0.1, -0.05) is 6.07 Å². The van der Waals surface area contributed by atoms with Crippen LogP contribution in [0.1, 0.15) is 18.4 Å². The van der Waals surface area contributed by atoms with Crippen LogP contribution in [0.2, 0.25) is 0 Å². The minimum Gasteiger partial charge on any atom is -0.392 e. The number of pyridine rings is 1. The van der Waals surface area contributed by atoms with Gasteiger partial charge in [0.25, 0.3) is 5.91 Å². The van der Waals surface area contributed by atoms with E-state index in [9.17, 15) is 4.79 Å². The second-order valence-electron chi connectivity index (χ2n) is 3.70. The zero-order chi connectivity index (χ0) is 11.4. The van der Waals surface area contributed by atoms with Gasteiger partial charge in [0.2, 0.25) is 0 Å². The van der Waals surface area contributed by atoms with Crippen molar-refractivity contribution in [2.45, 2.75) is 25.6 Å². The second-order valence-corrected chi connectivity index (χ2v) is 3.70. The Morgan fingerprint density at radius 2 is 2.50 bits per heavy atom. The summed E-state index contributed by atoms with van der Waals surface area (Å²) in [5.74, 6) is 0.333. The van der Waals surface area contributed by atoms with Crippen molar-refractivity contribution in [1.82, 2.24) is 4.98 Å². The van der Waals surface area contributed by atoms with Crippen LogP contribution in [0.25, 0.3) is 0 Å². The van der Waals surface area contributed by atoms with Crippen molar-refractivity contribution < 1.29 is 14.6 Å². The molecule has 0 bridgehead atoms. The molecule has 1 fully saturated rings. The van der Waals surface area contributed by atoms with E-state index >= 15 is 0 Å². The molecule has 5 heteroatoms. The first-order chi connectivity index (χ1) is 7.79. The molecule has 1 saturated heterocycles. The average molecular weight is 222 g/mol. The fraction of sp³-hybridized carbons (Fsp3) is 0.455. The first-order valence-electron chi connectivity index (χ1n) is 5.28. The van der Waals surface area contributed by atoms with E-state index in [0.717, 1.165) is 18.4 Å². The van der Waals surface area contributed by atoms with E-state index in [1.54, 1.807) is 12.1 Å². The van der Waals surface area contributed by atoms with Crippen LogP contribution >= 0.6 is 0 Å². The SMILES string of the molecule is O=C(Nc1ccc(CO)cn1)C1CCCO1. The summed E-state index contributed by atoms with van der Waals surface area (Å²) in [5.41, 5.74) is 0.718. The molecule has 0 spiro atoms. The smallest absolute Gasteiger partial charge is 0.254 e. The fourth-order valence-corrected chi connectivity index (χ4v) is 1.58. The Bertz CT molecular complexity index is 358. The van der Waals surface area contributed by atoms with Gasteiger partial charge in [-0.15, -0.1) is 0 Å². The molecule has 1 aromatic heterocycles. The molecule has 2 N–H and O–H groups in total. The minimum absolute atomic E-state index is 0.0486. The van der Waals surface area contributed by atoms with Gasteiger partial charge in [-0.25, -0.2) is 4.98 Å². The number of aliphatic hydroxyl groups excluding tert-OH is 1. The van der Waals surface area contributed by atoms with Crippen molar-refractivity contribution in [2.24, 2.45) is 0 Å². The number of amides is 1. The number of rotatable bonds is 3. The molecule has 1 aliphatic rings. The van der Waals surface area contributed by atoms with E-state index in [0.29, 0.717) is 12.4 Å². The lowest BCUT2D eigenvalue weighted by Crippen LogP contribution is -2.27. The number of hydrogen-bond acceptors (Lipinski definition) is 4. The Hall–Kier alpha value is -1.46. The Morgan fingerprint density at radius 1 is 1.62 bits per heavy atom. The van der Waals surface area contributed by atoms with Crippen LogP contribution < -0.4 is 5.32 Å². The van der Waals surface area contributed by atoms with Gasteiger partial charge in [0.1, 0.15) is 11.9 Å². The van der Waals surface area contributed by atoms with E-state index in [4.69, 9.17) is 9.84 Å². The maximum Gasteiger partial charge on any atom is 0.254 e. The van der Waals surface area contributed by atoms with Gasteiger partial charge < -0.3 is 15.2 Å². The van der Waals surface area contributed by atoms with Crippen molar-refractivity contribution in [2.75, 3.05) is 11.9 Å². The van der Waals surface area contributed by atoms with E-state index in [1.165, 1.54) is 6.20 Å². The third kappa shape index (κ3) is 2.56. The van der Waals surface area contributed by atoms with Gasteiger partial charge in [0.05, 0.1) is 6.61 Å². The van der Waals surface area contributed by atoms with E-state index in [2.05, 4.69) is 10.3 Å². The third-order valence-electron chi connectivity index (χ3n) is 2.48. The Balaban J connectivity index is 1.94. The predicted molar refractivity (Wildman–Crippen MR) is 57.8 cm³/mol. The zero-order valence-electron chi connectivity index (χ0n) is 8.85. The zero-order valence-corrected chi connectivity index (χ0v) is 8.85. The van der Waals surface area contributed by atoms with E-state index in [1.807, 2.05) is 0 Å². The molecule has 0 saturated carbocycles. The molecule has 0 aliphatic carbocycles. The van der Waals surface area contributed by atoms with Crippen molar-refractivity contribution in [3.63, 3.8) is 0 Å². The highest BCUT2D eigenvalue weighted by Gasteiger charge is 2.23. The summed E-state index contributed by atoms with van der Waals surface area (Å²) in [4.78, 5) is 15.7. The van der Waals surface area contributed by atoms with Crippen LogP contribution in [0.15, 0.2) is 18.3 Å². The Morgan fingerprint density at radius 3 is 3.06 bits per heavy atom. The maximum atomic E-state index is 11.6. The molecule has 0 radical (unpaired) electrons. The molecular weight excluding hydrogens is 208 g/mol. The Kier molecular flexibility index (Phi) is 3.48. The summed E-state index contributed by atoms with van der Waals surface area (Å²) >= 11 is 0. The number of hydrogen-bond donors (Lipinski definition) is 2. The number of ether oxygens (including phenoxy) is 1. The standard InChI is InChI=1S/C11H14N2O3/c14-7-8-3-4-10(12-6-8)13-11(15)9-2-1-5-16-9/h3-4,6,9,14H,1-2,5,7H2,(H,12,13,15). The summed E-state index contributed by atoms with van der Waals surface area (Å²) in [6, 6.07) is 3.39. The molecule has 2 heterocycles. The fourth-order valence-electron chi connectivity index (χ4n) is 1.58. The quantitative estimate of drug-likeness (QED) is 0.789. The van der Waals surface area contributed by atoms with Crippen molar-refractivity contribution in [1.29, 1.82) is 0 Å². The largest absolute Gasteiger partial charge is 0.392 e. The number of aliphatic hydroxyl groups is 1. The van der Waals surface area contributed by atoms with Crippen molar-refractivity contribution in [3.05, 3.63) is 23.9 Å². The molecule has 86 valence electrons. The van der Waals surface area contributed by atoms with Gasteiger partial charge in [-0.05, 0) is 24.5 Å². The number of nitrogens with zero attached hydrogens (tertiary/aromatic N) is 1. The van der Waals surface area contributed by atoms with Gasteiger partial charge in [-0.2, -0.15) is 0 Å². The number of carbonyl (C=O) groups excluding carboxylic acids is 1. The monoisotopic (exact) mass is 222 g/mol. The molecular formula is C11H14N2O3. The maximum absolute atomic E-state index is 11.6. The van der Waals surface area contributed by atoms with Crippen LogP contribution in [0.5, 0.6) is 0 Å². The predicted octanol–water partition coefficient (Wildman–Crippen LogP) is 0.691.